The van der Waals surface area contributed by atoms with Gasteiger partial charge in [-0.05, 0) is 48.0 Å². The van der Waals surface area contributed by atoms with E-state index in [4.69, 9.17) is 19.2 Å². The number of carbonyl (C=O) groups excluding carboxylic acids is 1. The standard InChI is InChI=1S/C23H23NO6/c1-24(2)17-8-4-15(5-9-17)14-19-21(20-12-13-28-30-20)22(25)29-23(19,26)16-6-10-18(27-3)11-7-16/h4-12,26H,13-14H2,1-3H3. The Bertz CT molecular complexity index is 1010. The number of ether oxygens (including phenoxy) is 2. The lowest BCUT2D eigenvalue weighted by atomic mass is 9.89. The summed E-state index contributed by atoms with van der Waals surface area (Å²) < 4.78 is 10.7. The largest absolute Gasteiger partial charge is 0.497 e. The average Bonchev–Trinajstić information content (AvgIpc) is 3.35. The van der Waals surface area contributed by atoms with Crippen LogP contribution in [0.25, 0.3) is 0 Å². The van der Waals surface area contributed by atoms with Gasteiger partial charge in [0, 0.05) is 37.3 Å². The molecule has 7 heteroatoms. The van der Waals surface area contributed by atoms with E-state index in [2.05, 4.69) is 0 Å². The summed E-state index contributed by atoms with van der Waals surface area (Å²) in [5.41, 5.74) is 2.96. The van der Waals surface area contributed by atoms with E-state index >= 15 is 0 Å². The number of hydrogen-bond donors (Lipinski definition) is 1. The van der Waals surface area contributed by atoms with E-state index in [1.807, 2.05) is 43.3 Å². The van der Waals surface area contributed by atoms with Crippen molar-refractivity contribution in [2.75, 3.05) is 32.7 Å². The second-order valence-electron chi connectivity index (χ2n) is 7.29. The van der Waals surface area contributed by atoms with Crippen molar-refractivity contribution < 1.29 is 29.1 Å². The first kappa shape index (κ1) is 20.0. The SMILES string of the molecule is COc1ccc(C2(O)OC(=O)C(C3=CCOO3)=C2Cc2ccc(N(C)C)cc2)cc1. The van der Waals surface area contributed by atoms with E-state index < -0.39 is 11.8 Å². The van der Waals surface area contributed by atoms with Crippen LogP contribution in [-0.2, 0) is 31.5 Å². The summed E-state index contributed by atoms with van der Waals surface area (Å²) in [5, 5.41) is 11.5. The van der Waals surface area contributed by atoms with Gasteiger partial charge in [-0.1, -0.05) is 12.1 Å². The molecule has 0 amide bonds. The fraction of sp³-hybridized carbons (Fsp3) is 0.261. The molecule has 30 heavy (non-hydrogen) atoms. The number of aliphatic hydroxyl groups is 1. The number of hydrogen-bond acceptors (Lipinski definition) is 7. The van der Waals surface area contributed by atoms with E-state index in [9.17, 15) is 9.90 Å². The van der Waals surface area contributed by atoms with Gasteiger partial charge in [0.05, 0.1) is 7.11 Å². The molecular weight excluding hydrogens is 386 g/mol. The molecule has 7 nitrogen and oxygen atoms in total. The molecule has 0 radical (unpaired) electrons. The van der Waals surface area contributed by atoms with E-state index in [1.54, 1.807) is 37.5 Å². The summed E-state index contributed by atoms with van der Waals surface area (Å²) in [7, 11) is 5.49. The highest BCUT2D eigenvalue weighted by molar-refractivity contribution is 5.97. The first-order valence-electron chi connectivity index (χ1n) is 9.52. The molecule has 1 atom stereocenters. The van der Waals surface area contributed by atoms with E-state index in [-0.39, 0.29) is 24.4 Å². The van der Waals surface area contributed by atoms with Gasteiger partial charge in [-0.3, -0.25) is 0 Å². The maximum absolute atomic E-state index is 12.8. The molecule has 0 aliphatic carbocycles. The lowest BCUT2D eigenvalue weighted by Gasteiger charge is -2.26. The molecule has 0 bridgehead atoms. The number of methoxy groups -OCH3 is 1. The van der Waals surface area contributed by atoms with E-state index in [0.29, 0.717) is 16.9 Å². The molecule has 0 aromatic heterocycles. The zero-order chi connectivity index (χ0) is 21.3. The number of esters is 1. The molecule has 4 rings (SSSR count). The first-order chi connectivity index (χ1) is 14.4. The van der Waals surface area contributed by atoms with E-state index in [1.165, 1.54) is 0 Å². The van der Waals surface area contributed by atoms with Crippen molar-refractivity contribution in [2.24, 2.45) is 0 Å². The van der Waals surface area contributed by atoms with Crippen molar-refractivity contribution in [1.82, 2.24) is 0 Å². The maximum Gasteiger partial charge on any atom is 0.345 e. The van der Waals surface area contributed by atoms with Crippen LogP contribution >= 0.6 is 0 Å². The molecule has 2 aromatic rings. The van der Waals surface area contributed by atoms with Crippen molar-refractivity contribution in [1.29, 1.82) is 0 Å². The minimum atomic E-state index is -1.92. The normalized spacial score (nSPS) is 20.7. The molecule has 0 fully saturated rings. The molecule has 2 heterocycles. The van der Waals surface area contributed by atoms with Crippen LogP contribution in [0.3, 0.4) is 0 Å². The van der Waals surface area contributed by atoms with Gasteiger partial charge in [0.1, 0.15) is 17.9 Å². The van der Waals surface area contributed by atoms with Gasteiger partial charge >= 0.3 is 5.97 Å². The third kappa shape index (κ3) is 3.53. The number of anilines is 1. The fourth-order valence-electron chi connectivity index (χ4n) is 3.55. The number of benzene rings is 2. The third-order valence-electron chi connectivity index (χ3n) is 5.20. The average molecular weight is 409 g/mol. The quantitative estimate of drug-likeness (QED) is 0.581. The number of nitrogens with zero attached hydrogens (tertiary/aromatic N) is 1. The molecule has 0 saturated carbocycles. The maximum atomic E-state index is 12.8. The molecular formula is C23H23NO6. The Hall–Kier alpha value is -3.29. The molecule has 2 aliphatic heterocycles. The fourth-order valence-corrected chi connectivity index (χ4v) is 3.55. The summed E-state index contributed by atoms with van der Waals surface area (Å²) >= 11 is 0. The Kier molecular flexibility index (Phi) is 5.24. The molecule has 156 valence electrons. The van der Waals surface area contributed by atoms with Gasteiger partial charge in [0.15, 0.2) is 5.76 Å². The van der Waals surface area contributed by atoms with Crippen LogP contribution in [0, 0.1) is 0 Å². The number of carbonyl (C=O) groups is 1. The Morgan fingerprint density at radius 1 is 1.10 bits per heavy atom. The monoisotopic (exact) mass is 409 g/mol. The van der Waals surface area contributed by atoms with Gasteiger partial charge < -0.3 is 24.4 Å². The molecule has 2 aromatic carbocycles. The van der Waals surface area contributed by atoms with Crippen molar-refractivity contribution in [3.05, 3.63) is 82.6 Å². The summed E-state index contributed by atoms with van der Waals surface area (Å²) in [5.74, 6) is -1.70. The van der Waals surface area contributed by atoms with Gasteiger partial charge in [0.25, 0.3) is 5.79 Å². The Balaban J connectivity index is 1.78. The van der Waals surface area contributed by atoms with Crippen LogP contribution in [0.15, 0.2) is 71.5 Å². The highest BCUT2D eigenvalue weighted by atomic mass is 17.2. The Morgan fingerprint density at radius 3 is 2.37 bits per heavy atom. The molecule has 0 spiro atoms. The smallest absolute Gasteiger partial charge is 0.345 e. The highest BCUT2D eigenvalue weighted by Gasteiger charge is 2.49. The predicted octanol–water partition coefficient (Wildman–Crippen LogP) is 2.85. The van der Waals surface area contributed by atoms with Crippen molar-refractivity contribution >= 4 is 11.7 Å². The van der Waals surface area contributed by atoms with Crippen molar-refractivity contribution in [2.45, 2.75) is 12.2 Å². The lowest BCUT2D eigenvalue weighted by Crippen LogP contribution is -2.29. The molecule has 1 unspecified atom stereocenters. The zero-order valence-corrected chi connectivity index (χ0v) is 17.0. The predicted molar refractivity (Wildman–Crippen MR) is 110 cm³/mol. The van der Waals surface area contributed by atoms with Gasteiger partial charge in [-0.25, -0.2) is 4.79 Å². The van der Waals surface area contributed by atoms with Crippen LogP contribution in [0.1, 0.15) is 11.1 Å². The summed E-state index contributed by atoms with van der Waals surface area (Å²) in [4.78, 5) is 24.8. The van der Waals surface area contributed by atoms with Crippen LogP contribution in [0.5, 0.6) is 5.75 Å². The Morgan fingerprint density at radius 2 is 1.80 bits per heavy atom. The number of rotatable bonds is 6. The highest BCUT2D eigenvalue weighted by Crippen LogP contribution is 2.44. The van der Waals surface area contributed by atoms with Crippen LogP contribution < -0.4 is 9.64 Å². The lowest BCUT2D eigenvalue weighted by molar-refractivity contribution is -0.231. The minimum Gasteiger partial charge on any atom is -0.497 e. The van der Waals surface area contributed by atoms with Crippen LogP contribution in [0.4, 0.5) is 5.69 Å². The molecule has 1 N–H and O–H groups in total. The Labute approximate surface area is 174 Å². The summed E-state index contributed by atoms with van der Waals surface area (Å²) in [6.07, 6.45) is 1.93. The second kappa shape index (κ2) is 7.85. The minimum absolute atomic E-state index is 0.183. The first-order valence-corrected chi connectivity index (χ1v) is 9.52. The van der Waals surface area contributed by atoms with Gasteiger partial charge in [0.2, 0.25) is 0 Å². The number of cyclic esters (lactones) is 1. The van der Waals surface area contributed by atoms with Crippen LogP contribution in [0.2, 0.25) is 0 Å². The van der Waals surface area contributed by atoms with Gasteiger partial charge in [-0.2, -0.15) is 4.89 Å². The summed E-state index contributed by atoms with van der Waals surface area (Å²) in [6, 6.07) is 14.6. The van der Waals surface area contributed by atoms with Gasteiger partial charge in [-0.15, -0.1) is 0 Å². The van der Waals surface area contributed by atoms with Crippen molar-refractivity contribution in [3.63, 3.8) is 0 Å². The molecule has 2 aliphatic rings. The topological polar surface area (TPSA) is 77.5 Å². The zero-order valence-electron chi connectivity index (χ0n) is 17.0. The van der Waals surface area contributed by atoms with Crippen molar-refractivity contribution in [3.8, 4) is 5.75 Å². The third-order valence-corrected chi connectivity index (χ3v) is 5.20. The second-order valence-corrected chi connectivity index (χ2v) is 7.29. The summed E-state index contributed by atoms with van der Waals surface area (Å²) in [6.45, 7) is 0.220. The van der Waals surface area contributed by atoms with Crippen LogP contribution in [-0.4, -0.2) is 38.9 Å². The molecule has 0 saturated heterocycles. The van der Waals surface area contributed by atoms with E-state index in [0.717, 1.165) is 11.3 Å².